The average Bonchev–Trinajstić information content (AvgIpc) is 2.69. The summed E-state index contributed by atoms with van der Waals surface area (Å²) in [6.07, 6.45) is 2.89. The van der Waals surface area contributed by atoms with Crippen LogP contribution in [0.1, 0.15) is 12.0 Å². The minimum atomic E-state index is -0.288. The fraction of sp³-hybridized carbons (Fsp3) is 0.250. The third-order valence-corrected chi connectivity index (χ3v) is 2.61. The molecule has 0 atom stereocenters. The Morgan fingerprint density at radius 2 is 2.31 bits per heavy atom. The van der Waals surface area contributed by atoms with E-state index in [4.69, 9.17) is 10.5 Å². The van der Waals surface area contributed by atoms with Crippen LogP contribution < -0.4 is 10.5 Å². The number of aromatic nitrogens is 1. The number of carbonyl (C=O) groups excluding carboxylic acids is 1. The van der Waals surface area contributed by atoms with Crippen LogP contribution in [0.2, 0.25) is 0 Å². The van der Waals surface area contributed by atoms with Crippen molar-refractivity contribution in [2.24, 2.45) is 5.73 Å². The van der Waals surface area contributed by atoms with Crippen LogP contribution in [-0.2, 0) is 11.2 Å². The van der Waals surface area contributed by atoms with Gasteiger partial charge in [-0.3, -0.25) is 4.79 Å². The van der Waals surface area contributed by atoms with Crippen molar-refractivity contribution in [3.05, 3.63) is 30.0 Å². The summed E-state index contributed by atoms with van der Waals surface area (Å²) in [6, 6.07) is 5.81. The second-order valence-corrected chi connectivity index (χ2v) is 3.66. The molecule has 0 fully saturated rings. The molecule has 2 rings (SSSR count). The van der Waals surface area contributed by atoms with E-state index in [1.807, 2.05) is 24.4 Å². The van der Waals surface area contributed by atoms with Gasteiger partial charge >= 0.3 is 0 Å². The van der Waals surface area contributed by atoms with Gasteiger partial charge in [0.15, 0.2) is 0 Å². The Bertz CT molecular complexity index is 517. The Hall–Kier alpha value is -1.97. The quantitative estimate of drug-likeness (QED) is 0.818. The standard InChI is InChI=1S/C12H14N2O2/c1-16-10-4-2-3-9-12(10)8(7-14-9)5-6-11(13)15/h2-4,7,14H,5-6H2,1H3,(H2,13,15). The van der Waals surface area contributed by atoms with Crippen molar-refractivity contribution in [2.75, 3.05) is 7.11 Å². The first-order chi connectivity index (χ1) is 7.72. The van der Waals surface area contributed by atoms with Crippen LogP contribution >= 0.6 is 0 Å². The number of aryl methyl sites for hydroxylation is 1. The predicted molar refractivity (Wildman–Crippen MR) is 62.4 cm³/mol. The number of hydrogen-bond acceptors (Lipinski definition) is 2. The Balaban J connectivity index is 2.41. The molecule has 0 saturated carbocycles. The second-order valence-electron chi connectivity index (χ2n) is 3.66. The summed E-state index contributed by atoms with van der Waals surface area (Å²) in [5, 5.41) is 1.03. The largest absolute Gasteiger partial charge is 0.496 e. The van der Waals surface area contributed by atoms with Gasteiger partial charge < -0.3 is 15.5 Å². The number of nitrogens with two attached hydrogens (primary N) is 1. The van der Waals surface area contributed by atoms with Crippen molar-refractivity contribution >= 4 is 16.8 Å². The minimum Gasteiger partial charge on any atom is -0.496 e. The van der Waals surface area contributed by atoms with E-state index in [0.29, 0.717) is 12.8 Å². The molecule has 0 aliphatic heterocycles. The van der Waals surface area contributed by atoms with Crippen LogP contribution in [0.4, 0.5) is 0 Å². The number of fused-ring (bicyclic) bond motifs is 1. The molecule has 4 heteroatoms. The van der Waals surface area contributed by atoms with E-state index in [1.165, 1.54) is 0 Å². The number of aromatic amines is 1. The number of H-pyrrole nitrogens is 1. The van der Waals surface area contributed by atoms with Gasteiger partial charge in [-0.05, 0) is 24.1 Å². The Morgan fingerprint density at radius 3 is 3.00 bits per heavy atom. The fourth-order valence-electron chi connectivity index (χ4n) is 1.84. The normalized spacial score (nSPS) is 10.6. The number of nitrogens with one attached hydrogen (secondary N) is 1. The van der Waals surface area contributed by atoms with E-state index in [0.717, 1.165) is 22.2 Å². The summed E-state index contributed by atoms with van der Waals surface area (Å²) in [6.45, 7) is 0. The molecular formula is C12H14N2O2. The van der Waals surface area contributed by atoms with E-state index < -0.39 is 0 Å². The van der Waals surface area contributed by atoms with E-state index in [1.54, 1.807) is 7.11 Å². The number of hydrogen-bond donors (Lipinski definition) is 2. The van der Waals surface area contributed by atoms with Crippen molar-refractivity contribution in [3.8, 4) is 5.75 Å². The lowest BCUT2D eigenvalue weighted by molar-refractivity contribution is -0.117. The lowest BCUT2D eigenvalue weighted by Crippen LogP contribution is -2.11. The van der Waals surface area contributed by atoms with Crippen LogP contribution in [0.5, 0.6) is 5.75 Å². The number of benzene rings is 1. The Labute approximate surface area is 93.4 Å². The zero-order valence-corrected chi connectivity index (χ0v) is 9.12. The van der Waals surface area contributed by atoms with Gasteiger partial charge in [-0.2, -0.15) is 0 Å². The highest BCUT2D eigenvalue weighted by molar-refractivity contribution is 5.89. The van der Waals surface area contributed by atoms with Gasteiger partial charge in [-0.1, -0.05) is 6.07 Å². The average molecular weight is 218 g/mol. The van der Waals surface area contributed by atoms with Gasteiger partial charge in [0.25, 0.3) is 0 Å². The molecule has 0 saturated heterocycles. The second kappa shape index (κ2) is 4.26. The number of ether oxygens (including phenoxy) is 1. The maximum atomic E-state index is 10.8. The number of carbonyl (C=O) groups is 1. The lowest BCUT2D eigenvalue weighted by Gasteiger charge is -2.03. The van der Waals surface area contributed by atoms with Gasteiger partial charge in [-0.25, -0.2) is 0 Å². The van der Waals surface area contributed by atoms with Gasteiger partial charge in [0.2, 0.25) is 5.91 Å². The molecule has 16 heavy (non-hydrogen) atoms. The molecule has 84 valence electrons. The van der Waals surface area contributed by atoms with E-state index in [2.05, 4.69) is 4.98 Å². The minimum absolute atomic E-state index is 0.288. The number of rotatable bonds is 4. The molecule has 4 nitrogen and oxygen atoms in total. The van der Waals surface area contributed by atoms with E-state index in [9.17, 15) is 4.79 Å². The molecule has 2 aromatic rings. The van der Waals surface area contributed by atoms with Crippen molar-refractivity contribution in [3.63, 3.8) is 0 Å². The van der Waals surface area contributed by atoms with Gasteiger partial charge in [-0.15, -0.1) is 0 Å². The predicted octanol–water partition coefficient (Wildman–Crippen LogP) is 1.59. The molecule has 1 aromatic carbocycles. The van der Waals surface area contributed by atoms with Crippen LogP contribution in [0.15, 0.2) is 24.4 Å². The highest BCUT2D eigenvalue weighted by atomic mass is 16.5. The van der Waals surface area contributed by atoms with Crippen molar-refractivity contribution in [1.29, 1.82) is 0 Å². The van der Waals surface area contributed by atoms with Crippen molar-refractivity contribution < 1.29 is 9.53 Å². The van der Waals surface area contributed by atoms with Crippen LogP contribution in [-0.4, -0.2) is 18.0 Å². The molecule has 0 aliphatic rings. The molecule has 3 N–H and O–H groups in total. The van der Waals surface area contributed by atoms with Crippen molar-refractivity contribution in [2.45, 2.75) is 12.8 Å². The Kier molecular flexibility index (Phi) is 2.81. The fourth-order valence-corrected chi connectivity index (χ4v) is 1.84. The topological polar surface area (TPSA) is 68.1 Å². The van der Waals surface area contributed by atoms with Crippen molar-refractivity contribution in [1.82, 2.24) is 4.98 Å². The zero-order chi connectivity index (χ0) is 11.5. The third kappa shape index (κ3) is 1.86. The lowest BCUT2D eigenvalue weighted by atomic mass is 10.1. The highest BCUT2D eigenvalue weighted by Gasteiger charge is 2.09. The molecular weight excluding hydrogens is 204 g/mol. The molecule has 0 radical (unpaired) electrons. The zero-order valence-electron chi connectivity index (χ0n) is 9.12. The monoisotopic (exact) mass is 218 g/mol. The maximum absolute atomic E-state index is 10.8. The Morgan fingerprint density at radius 1 is 1.50 bits per heavy atom. The molecule has 1 aromatic heterocycles. The summed E-state index contributed by atoms with van der Waals surface area (Å²) in [4.78, 5) is 13.9. The van der Waals surface area contributed by atoms with Crippen LogP contribution in [0.3, 0.4) is 0 Å². The van der Waals surface area contributed by atoms with E-state index >= 15 is 0 Å². The third-order valence-electron chi connectivity index (χ3n) is 2.61. The molecule has 0 aliphatic carbocycles. The van der Waals surface area contributed by atoms with E-state index in [-0.39, 0.29) is 5.91 Å². The summed E-state index contributed by atoms with van der Waals surface area (Å²) in [5.41, 5.74) is 7.22. The number of methoxy groups -OCH3 is 1. The summed E-state index contributed by atoms with van der Waals surface area (Å²) in [5.74, 6) is 0.530. The first kappa shape index (κ1) is 10.5. The molecule has 0 unspecified atom stereocenters. The summed E-state index contributed by atoms with van der Waals surface area (Å²) < 4.78 is 5.30. The van der Waals surface area contributed by atoms with Gasteiger partial charge in [0, 0.05) is 23.5 Å². The number of amides is 1. The number of primary amides is 1. The molecule has 0 bridgehead atoms. The van der Waals surface area contributed by atoms with Crippen LogP contribution in [0.25, 0.3) is 10.9 Å². The van der Waals surface area contributed by atoms with Gasteiger partial charge in [0.1, 0.15) is 5.75 Å². The highest BCUT2D eigenvalue weighted by Crippen LogP contribution is 2.29. The first-order valence-electron chi connectivity index (χ1n) is 5.13. The molecule has 0 spiro atoms. The summed E-state index contributed by atoms with van der Waals surface area (Å²) >= 11 is 0. The smallest absolute Gasteiger partial charge is 0.217 e. The van der Waals surface area contributed by atoms with Gasteiger partial charge in [0.05, 0.1) is 7.11 Å². The first-order valence-corrected chi connectivity index (χ1v) is 5.13. The summed E-state index contributed by atoms with van der Waals surface area (Å²) in [7, 11) is 1.64. The maximum Gasteiger partial charge on any atom is 0.217 e. The SMILES string of the molecule is COc1cccc2[nH]cc(CCC(N)=O)c12. The molecule has 1 amide bonds. The van der Waals surface area contributed by atoms with Crippen LogP contribution in [0, 0.1) is 0 Å². The molecule has 1 heterocycles.